The van der Waals surface area contributed by atoms with Crippen LogP contribution in [0.3, 0.4) is 0 Å². The topological polar surface area (TPSA) is 89.7 Å². The largest absolute Gasteiger partial charge is 0.317 e. The summed E-state index contributed by atoms with van der Waals surface area (Å²) in [6.45, 7) is 6.99. The zero-order valence-electron chi connectivity index (χ0n) is 13.6. The van der Waals surface area contributed by atoms with Crippen LogP contribution in [-0.2, 0) is 6.54 Å². The first kappa shape index (κ1) is 15.7. The van der Waals surface area contributed by atoms with Gasteiger partial charge in [-0.2, -0.15) is 0 Å². The van der Waals surface area contributed by atoms with Gasteiger partial charge in [-0.25, -0.2) is 9.67 Å². The summed E-state index contributed by atoms with van der Waals surface area (Å²) < 4.78 is 3.73. The van der Waals surface area contributed by atoms with Crippen LogP contribution in [0.2, 0.25) is 0 Å². The minimum absolute atomic E-state index is 0.276. The maximum Gasteiger partial charge on any atom is 0.280 e. The molecule has 1 amide bonds. The lowest BCUT2D eigenvalue weighted by Crippen LogP contribution is -2.29. The summed E-state index contributed by atoms with van der Waals surface area (Å²) in [4.78, 5) is 16.6. The van der Waals surface area contributed by atoms with Crippen molar-refractivity contribution in [2.75, 3.05) is 18.4 Å². The van der Waals surface area contributed by atoms with Crippen molar-refractivity contribution in [2.45, 2.75) is 39.3 Å². The van der Waals surface area contributed by atoms with E-state index in [9.17, 15) is 4.79 Å². The van der Waals surface area contributed by atoms with Crippen molar-refractivity contribution in [3.05, 3.63) is 24.3 Å². The lowest BCUT2D eigenvalue weighted by molar-refractivity contribution is 0.102. The summed E-state index contributed by atoms with van der Waals surface area (Å²) in [6.07, 6.45) is 7.28. The van der Waals surface area contributed by atoms with Crippen molar-refractivity contribution in [3.63, 3.8) is 0 Å². The zero-order chi connectivity index (χ0) is 16.2. The molecule has 23 heavy (non-hydrogen) atoms. The van der Waals surface area contributed by atoms with Gasteiger partial charge < -0.3 is 9.88 Å². The van der Waals surface area contributed by atoms with Gasteiger partial charge in [-0.3, -0.25) is 10.1 Å². The van der Waals surface area contributed by atoms with Crippen molar-refractivity contribution in [3.8, 4) is 0 Å². The Morgan fingerprint density at radius 3 is 2.96 bits per heavy atom. The van der Waals surface area contributed by atoms with Crippen LogP contribution >= 0.6 is 0 Å². The molecule has 1 aliphatic rings. The van der Waals surface area contributed by atoms with Crippen LogP contribution in [0, 0.1) is 5.92 Å². The van der Waals surface area contributed by atoms with Gasteiger partial charge in [0.05, 0.1) is 12.2 Å². The molecule has 0 aromatic carbocycles. The van der Waals surface area contributed by atoms with Crippen LogP contribution in [0.4, 0.5) is 5.95 Å². The van der Waals surface area contributed by atoms with E-state index in [0.29, 0.717) is 23.6 Å². The van der Waals surface area contributed by atoms with Gasteiger partial charge in [-0.1, -0.05) is 19.1 Å². The molecule has 0 radical (unpaired) electrons. The van der Waals surface area contributed by atoms with Crippen molar-refractivity contribution in [1.82, 2.24) is 29.9 Å². The van der Waals surface area contributed by atoms with E-state index in [0.717, 1.165) is 32.5 Å². The average molecular weight is 317 g/mol. The van der Waals surface area contributed by atoms with Crippen LogP contribution in [0.1, 0.15) is 43.2 Å². The van der Waals surface area contributed by atoms with Gasteiger partial charge in [0.25, 0.3) is 5.91 Å². The summed E-state index contributed by atoms with van der Waals surface area (Å²) >= 11 is 0. The van der Waals surface area contributed by atoms with Crippen LogP contribution in [0.25, 0.3) is 0 Å². The monoisotopic (exact) mass is 317 g/mol. The summed E-state index contributed by atoms with van der Waals surface area (Å²) in [5.41, 5.74) is 0.322. The number of anilines is 1. The Hall–Kier alpha value is -2.22. The Morgan fingerprint density at radius 2 is 2.22 bits per heavy atom. The Kier molecular flexibility index (Phi) is 4.71. The molecule has 2 aromatic rings. The second-order valence-corrected chi connectivity index (χ2v) is 6.32. The van der Waals surface area contributed by atoms with E-state index in [1.54, 1.807) is 17.1 Å². The molecule has 2 aromatic heterocycles. The number of carbonyl (C=O) groups is 1. The van der Waals surface area contributed by atoms with Crippen molar-refractivity contribution >= 4 is 11.9 Å². The lowest BCUT2D eigenvalue weighted by atomic mass is 10.1. The minimum atomic E-state index is -0.276. The number of rotatable bonds is 5. The maximum atomic E-state index is 12.4. The SMILES string of the molecule is CC(C)Cn1ccnc1NC(=O)c1cn(C2CCNCC2)nn1. The van der Waals surface area contributed by atoms with Gasteiger partial charge in [-0.05, 0) is 31.8 Å². The average Bonchev–Trinajstić information content (AvgIpc) is 3.18. The van der Waals surface area contributed by atoms with Crippen LogP contribution in [0.5, 0.6) is 0 Å². The third kappa shape index (κ3) is 3.76. The normalized spacial score (nSPS) is 16.0. The Morgan fingerprint density at radius 1 is 1.43 bits per heavy atom. The number of imidazole rings is 1. The molecule has 8 heteroatoms. The molecule has 1 fully saturated rings. The van der Waals surface area contributed by atoms with Crippen molar-refractivity contribution < 1.29 is 4.79 Å². The molecule has 0 unspecified atom stereocenters. The standard InChI is InChI=1S/C15H23N7O/c1-11(2)9-21-8-7-17-15(21)18-14(23)13-10-22(20-19-13)12-3-5-16-6-4-12/h7-8,10-12,16H,3-6,9H2,1-2H3,(H,17,18,23). The van der Waals surface area contributed by atoms with E-state index in [-0.39, 0.29) is 5.91 Å². The summed E-state index contributed by atoms with van der Waals surface area (Å²) in [5.74, 6) is 0.738. The number of hydrogen-bond acceptors (Lipinski definition) is 5. The maximum absolute atomic E-state index is 12.4. The van der Waals surface area contributed by atoms with Gasteiger partial charge in [0, 0.05) is 18.9 Å². The molecule has 0 aliphatic carbocycles. The zero-order valence-corrected chi connectivity index (χ0v) is 13.6. The fraction of sp³-hybridized carbons (Fsp3) is 0.600. The van der Waals surface area contributed by atoms with Crippen LogP contribution in [0.15, 0.2) is 18.6 Å². The highest BCUT2D eigenvalue weighted by Crippen LogP contribution is 2.17. The van der Waals surface area contributed by atoms with Gasteiger partial charge in [0.1, 0.15) is 0 Å². The fourth-order valence-electron chi connectivity index (χ4n) is 2.77. The van der Waals surface area contributed by atoms with E-state index >= 15 is 0 Å². The highest BCUT2D eigenvalue weighted by molar-refractivity contribution is 6.01. The number of hydrogen-bond donors (Lipinski definition) is 2. The Bertz CT molecular complexity index is 654. The molecule has 0 bridgehead atoms. The third-order valence-corrected chi connectivity index (χ3v) is 3.93. The summed E-state index contributed by atoms with van der Waals surface area (Å²) in [6, 6.07) is 0.313. The van der Waals surface area contributed by atoms with E-state index < -0.39 is 0 Å². The molecule has 1 aliphatic heterocycles. The summed E-state index contributed by atoms with van der Waals surface area (Å²) in [7, 11) is 0. The van der Waals surface area contributed by atoms with E-state index in [1.165, 1.54) is 0 Å². The van der Waals surface area contributed by atoms with Gasteiger partial charge >= 0.3 is 0 Å². The number of carbonyl (C=O) groups excluding carboxylic acids is 1. The third-order valence-electron chi connectivity index (χ3n) is 3.93. The fourth-order valence-corrected chi connectivity index (χ4v) is 2.77. The number of nitrogens with one attached hydrogen (secondary N) is 2. The predicted molar refractivity (Wildman–Crippen MR) is 86.2 cm³/mol. The quantitative estimate of drug-likeness (QED) is 0.868. The summed E-state index contributed by atoms with van der Waals surface area (Å²) in [5, 5.41) is 14.2. The van der Waals surface area contributed by atoms with Crippen molar-refractivity contribution in [1.29, 1.82) is 0 Å². The van der Waals surface area contributed by atoms with E-state index in [2.05, 4.69) is 39.8 Å². The highest BCUT2D eigenvalue weighted by atomic mass is 16.2. The Balaban J connectivity index is 1.67. The number of amides is 1. The predicted octanol–water partition coefficient (Wildman–Crippen LogP) is 1.31. The van der Waals surface area contributed by atoms with Gasteiger partial charge in [0.15, 0.2) is 5.69 Å². The first-order valence-electron chi connectivity index (χ1n) is 8.08. The van der Waals surface area contributed by atoms with Crippen LogP contribution in [-0.4, -0.2) is 43.5 Å². The molecule has 0 atom stereocenters. The lowest BCUT2D eigenvalue weighted by Gasteiger charge is -2.22. The van der Waals surface area contributed by atoms with E-state index in [4.69, 9.17) is 0 Å². The molecule has 0 spiro atoms. The molecule has 1 saturated heterocycles. The molecule has 2 N–H and O–H groups in total. The molecule has 3 heterocycles. The molecular weight excluding hydrogens is 294 g/mol. The van der Waals surface area contributed by atoms with Gasteiger partial charge in [0.2, 0.25) is 5.95 Å². The molecule has 8 nitrogen and oxygen atoms in total. The highest BCUT2D eigenvalue weighted by Gasteiger charge is 2.19. The van der Waals surface area contributed by atoms with Crippen molar-refractivity contribution in [2.24, 2.45) is 5.92 Å². The molecule has 124 valence electrons. The molecule has 3 rings (SSSR count). The second-order valence-electron chi connectivity index (χ2n) is 6.32. The smallest absolute Gasteiger partial charge is 0.280 e. The second kappa shape index (κ2) is 6.91. The minimum Gasteiger partial charge on any atom is -0.317 e. The van der Waals surface area contributed by atoms with E-state index in [1.807, 2.05) is 10.8 Å². The number of nitrogens with zero attached hydrogens (tertiary/aromatic N) is 5. The number of piperidine rings is 1. The molecule has 0 saturated carbocycles. The Labute approximate surface area is 135 Å². The number of aromatic nitrogens is 5. The van der Waals surface area contributed by atoms with Crippen LogP contribution < -0.4 is 10.6 Å². The first-order chi connectivity index (χ1) is 11.1. The first-order valence-corrected chi connectivity index (χ1v) is 8.08. The molecular formula is C15H23N7O. The van der Waals surface area contributed by atoms with Gasteiger partial charge in [-0.15, -0.1) is 5.10 Å².